The molecule has 2 nitrogen and oxygen atoms in total. The van der Waals surface area contributed by atoms with Crippen LogP contribution in [0.1, 0.15) is 45.4 Å². The van der Waals surface area contributed by atoms with Crippen LogP contribution in [-0.2, 0) is 19.3 Å². The SMILES string of the molecule is CCc1sc(C(=O)O)c2c1CCCC2. The lowest BCUT2D eigenvalue weighted by Gasteiger charge is -2.12. The van der Waals surface area contributed by atoms with Gasteiger partial charge in [-0.2, -0.15) is 0 Å². The normalized spacial score (nSPS) is 15.2. The Kier molecular flexibility index (Phi) is 2.59. The lowest BCUT2D eigenvalue weighted by atomic mass is 9.91. The lowest BCUT2D eigenvalue weighted by Crippen LogP contribution is -2.05. The summed E-state index contributed by atoms with van der Waals surface area (Å²) in [6.45, 7) is 2.10. The summed E-state index contributed by atoms with van der Waals surface area (Å²) >= 11 is 1.48. The summed E-state index contributed by atoms with van der Waals surface area (Å²) in [6.07, 6.45) is 5.39. The molecule has 0 unspecified atom stereocenters. The summed E-state index contributed by atoms with van der Waals surface area (Å²) in [7, 11) is 0. The Labute approximate surface area is 87.6 Å². The fourth-order valence-corrected chi connectivity index (χ4v) is 3.34. The van der Waals surface area contributed by atoms with Gasteiger partial charge in [-0.25, -0.2) is 4.79 Å². The summed E-state index contributed by atoms with van der Waals surface area (Å²) in [5, 5.41) is 9.06. The first kappa shape index (κ1) is 9.71. The van der Waals surface area contributed by atoms with Crippen LogP contribution in [0.25, 0.3) is 0 Å². The fraction of sp³-hybridized carbons (Fsp3) is 0.545. The van der Waals surface area contributed by atoms with Crippen molar-refractivity contribution >= 4 is 17.3 Å². The highest BCUT2D eigenvalue weighted by molar-refractivity contribution is 7.14. The number of carboxylic acids is 1. The van der Waals surface area contributed by atoms with E-state index in [-0.39, 0.29) is 0 Å². The molecule has 0 bridgehead atoms. The Hall–Kier alpha value is -0.830. The summed E-state index contributed by atoms with van der Waals surface area (Å²) in [6, 6.07) is 0. The summed E-state index contributed by atoms with van der Waals surface area (Å²) in [4.78, 5) is 12.9. The Morgan fingerprint density at radius 3 is 2.57 bits per heavy atom. The smallest absolute Gasteiger partial charge is 0.346 e. The first-order valence-electron chi connectivity index (χ1n) is 5.10. The van der Waals surface area contributed by atoms with Crippen LogP contribution < -0.4 is 0 Å². The topological polar surface area (TPSA) is 37.3 Å². The number of thiophene rings is 1. The Balaban J connectivity index is 2.52. The van der Waals surface area contributed by atoms with Crippen molar-refractivity contribution in [3.05, 3.63) is 20.9 Å². The van der Waals surface area contributed by atoms with Crippen LogP contribution in [0.2, 0.25) is 0 Å². The zero-order valence-electron chi connectivity index (χ0n) is 8.30. The van der Waals surface area contributed by atoms with Crippen LogP contribution in [0, 0.1) is 0 Å². The minimum Gasteiger partial charge on any atom is -0.477 e. The molecule has 3 heteroatoms. The second-order valence-electron chi connectivity index (χ2n) is 3.68. The van der Waals surface area contributed by atoms with E-state index in [4.69, 9.17) is 5.11 Å². The van der Waals surface area contributed by atoms with E-state index in [0.717, 1.165) is 31.2 Å². The van der Waals surface area contributed by atoms with Crippen molar-refractivity contribution in [3.63, 3.8) is 0 Å². The highest BCUT2D eigenvalue weighted by atomic mass is 32.1. The molecule has 0 aliphatic heterocycles. The van der Waals surface area contributed by atoms with Crippen molar-refractivity contribution in [2.24, 2.45) is 0 Å². The summed E-state index contributed by atoms with van der Waals surface area (Å²) in [5.74, 6) is -0.743. The summed E-state index contributed by atoms with van der Waals surface area (Å²) in [5.41, 5.74) is 2.48. The van der Waals surface area contributed by atoms with Crippen LogP contribution in [0.15, 0.2) is 0 Å². The Morgan fingerprint density at radius 2 is 2.00 bits per heavy atom. The second-order valence-corrected chi connectivity index (χ2v) is 4.78. The van der Waals surface area contributed by atoms with Gasteiger partial charge in [-0.3, -0.25) is 0 Å². The van der Waals surface area contributed by atoms with Crippen LogP contribution in [-0.4, -0.2) is 11.1 Å². The quantitative estimate of drug-likeness (QED) is 0.815. The molecule has 0 amide bonds. The van der Waals surface area contributed by atoms with Crippen molar-refractivity contribution in [1.29, 1.82) is 0 Å². The molecule has 0 atom stereocenters. The molecular formula is C11H14O2S. The van der Waals surface area contributed by atoms with Gasteiger partial charge >= 0.3 is 5.97 Å². The molecule has 0 aromatic carbocycles. The van der Waals surface area contributed by atoms with Crippen LogP contribution in [0.5, 0.6) is 0 Å². The molecule has 0 saturated carbocycles. The monoisotopic (exact) mass is 210 g/mol. The van der Waals surface area contributed by atoms with E-state index in [1.54, 1.807) is 0 Å². The zero-order valence-corrected chi connectivity index (χ0v) is 9.12. The van der Waals surface area contributed by atoms with Gasteiger partial charge in [0.1, 0.15) is 4.88 Å². The zero-order chi connectivity index (χ0) is 10.1. The highest BCUT2D eigenvalue weighted by Crippen LogP contribution is 2.34. The van der Waals surface area contributed by atoms with E-state index in [1.165, 1.54) is 28.2 Å². The van der Waals surface area contributed by atoms with Gasteiger partial charge in [-0.15, -0.1) is 11.3 Å². The second kappa shape index (κ2) is 3.73. The molecule has 2 rings (SSSR count). The van der Waals surface area contributed by atoms with Gasteiger partial charge in [0.15, 0.2) is 0 Å². The fourth-order valence-electron chi connectivity index (χ4n) is 2.17. The molecular weight excluding hydrogens is 196 g/mol. The van der Waals surface area contributed by atoms with Crippen molar-refractivity contribution in [2.45, 2.75) is 39.0 Å². The van der Waals surface area contributed by atoms with Crippen LogP contribution in [0.3, 0.4) is 0 Å². The highest BCUT2D eigenvalue weighted by Gasteiger charge is 2.23. The summed E-state index contributed by atoms with van der Waals surface area (Å²) < 4.78 is 0. The predicted molar refractivity (Wildman–Crippen MR) is 57.3 cm³/mol. The molecule has 14 heavy (non-hydrogen) atoms. The molecule has 0 saturated heterocycles. The average molecular weight is 210 g/mol. The third-order valence-corrected chi connectivity index (χ3v) is 4.23. The van der Waals surface area contributed by atoms with Crippen LogP contribution >= 0.6 is 11.3 Å². The minimum absolute atomic E-state index is 0.594. The number of aryl methyl sites for hydroxylation is 1. The van der Waals surface area contributed by atoms with Gasteiger partial charge < -0.3 is 5.11 Å². The van der Waals surface area contributed by atoms with E-state index in [9.17, 15) is 4.79 Å². The number of carboxylic acid groups (broad SMARTS) is 1. The van der Waals surface area contributed by atoms with E-state index in [1.807, 2.05) is 0 Å². The van der Waals surface area contributed by atoms with Gasteiger partial charge in [0, 0.05) is 4.88 Å². The number of hydrogen-bond donors (Lipinski definition) is 1. The maximum atomic E-state index is 11.0. The van der Waals surface area contributed by atoms with E-state index in [2.05, 4.69) is 6.92 Å². The van der Waals surface area contributed by atoms with Gasteiger partial charge in [0.05, 0.1) is 0 Å². The molecule has 1 N–H and O–H groups in total. The van der Waals surface area contributed by atoms with Crippen molar-refractivity contribution in [1.82, 2.24) is 0 Å². The van der Waals surface area contributed by atoms with Gasteiger partial charge in [-0.05, 0) is 43.2 Å². The predicted octanol–water partition coefficient (Wildman–Crippen LogP) is 2.89. The number of rotatable bonds is 2. The van der Waals surface area contributed by atoms with Crippen molar-refractivity contribution in [3.8, 4) is 0 Å². The molecule has 0 fully saturated rings. The van der Waals surface area contributed by atoms with Crippen LogP contribution in [0.4, 0.5) is 0 Å². The third kappa shape index (κ3) is 1.46. The Bertz CT molecular complexity index is 366. The number of carbonyl (C=O) groups is 1. The molecule has 1 aromatic rings. The first-order chi connectivity index (χ1) is 6.74. The van der Waals surface area contributed by atoms with E-state index < -0.39 is 5.97 Å². The lowest BCUT2D eigenvalue weighted by molar-refractivity contribution is 0.0701. The van der Waals surface area contributed by atoms with Gasteiger partial charge in [0.2, 0.25) is 0 Å². The van der Waals surface area contributed by atoms with Gasteiger partial charge in [-0.1, -0.05) is 6.92 Å². The van der Waals surface area contributed by atoms with Gasteiger partial charge in [0.25, 0.3) is 0 Å². The third-order valence-electron chi connectivity index (χ3n) is 2.82. The van der Waals surface area contributed by atoms with Crippen molar-refractivity contribution in [2.75, 3.05) is 0 Å². The van der Waals surface area contributed by atoms with E-state index >= 15 is 0 Å². The van der Waals surface area contributed by atoms with E-state index in [0.29, 0.717) is 4.88 Å². The number of hydrogen-bond acceptors (Lipinski definition) is 2. The molecule has 1 heterocycles. The maximum Gasteiger partial charge on any atom is 0.346 e. The molecule has 76 valence electrons. The number of fused-ring (bicyclic) bond motifs is 1. The average Bonchev–Trinajstić information content (AvgIpc) is 2.56. The standard InChI is InChI=1S/C11H14O2S/c1-2-9-7-5-3-4-6-8(7)10(14-9)11(12)13/h2-6H2,1H3,(H,12,13). The minimum atomic E-state index is -0.743. The van der Waals surface area contributed by atoms with Crippen molar-refractivity contribution < 1.29 is 9.90 Å². The maximum absolute atomic E-state index is 11.0. The first-order valence-corrected chi connectivity index (χ1v) is 5.92. The molecule has 0 radical (unpaired) electrons. The Morgan fingerprint density at radius 1 is 1.36 bits per heavy atom. The molecule has 1 aliphatic rings. The molecule has 0 spiro atoms. The number of aromatic carboxylic acids is 1. The largest absolute Gasteiger partial charge is 0.477 e. The molecule has 1 aliphatic carbocycles. The molecule has 1 aromatic heterocycles.